The Hall–Kier alpha value is -1.62. The third-order valence-corrected chi connectivity index (χ3v) is 3.63. The van der Waals surface area contributed by atoms with Gasteiger partial charge in [-0.1, -0.05) is 19.9 Å². The number of nitro benzene ring substituents is 1. The monoisotopic (exact) mass is 266 g/mol. The molecular weight excluding hydrogens is 244 g/mol. The van der Waals surface area contributed by atoms with Crippen molar-refractivity contribution in [1.82, 2.24) is 0 Å². The molecule has 0 aliphatic carbocycles. The van der Waals surface area contributed by atoms with Crippen LogP contribution in [0.4, 0.5) is 11.4 Å². The highest BCUT2D eigenvalue weighted by Crippen LogP contribution is 2.32. The lowest BCUT2D eigenvalue weighted by atomic mass is 10.0. The molecule has 0 aliphatic rings. The summed E-state index contributed by atoms with van der Waals surface area (Å²) in [6, 6.07) is 5.08. The maximum Gasteiger partial charge on any atom is 0.292 e. The van der Waals surface area contributed by atoms with E-state index >= 15 is 0 Å². The first-order chi connectivity index (χ1) is 8.75. The quantitative estimate of drug-likeness (QED) is 0.656. The van der Waals surface area contributed by atoms with Gasteiger partial charge in [-0.05, 0) is 31.4 Å². The van der Waals surface area contributed by atoms with Gasteiger partial charge in [0.15, 0.2) is 0 Å². The van der Waals surface area contributed by atoms with Crippen molar-refractivity contribution >= 4 is 11.4 Å². The highest BCUT2D eigenvalue weighted by Gasteiger charge is 2.23. The van der Waals surface area contributed by atoms with E-state index in [-0.39, 0.29) is 11.7 Å². The number of aliphatic hydroxyl groups excluding tert-OH is 1. The van der Waals surface area contributed by atoms with Crippen molar-refractivity contribution in [2.45, 2.75) is 39.8 Å². The van der Waals surface area contributed by atoms with Crippen LogP contribution in [-0.4, -0.2) is 23.1 Å². The van der Waals surface area contributed by atoms with E-state index in [1.165, 1.54) is 6.07 Å². The Morgan fingerprint density at radius 2 is 1.84 bits per heavy atom. The number of hydrogen-bond acceptors (Lipinski definition) is 4. The molecule has 1 unspecified atom stereocenters. The zero-order valence-electron chi connectivity index (χ0n) is 12.1. The Morgan fingerprint density at radius 1 is 1.26 bits per heavy atom. The molecule has 0 saturated carbocycles. The summed E-state index contributed by atoms with van der Waals surface area (Å²) in [4.78, 5) is 12.7. The molecule has 1 rings (SSSR count). The minimum Gasteiger partial charge on any atom is -0.389 e. The molecule has 0 saturated heterocycles. The summed E-state index contributed by atoms with van der Waals surface area (Å²) in [7, 11) is 1.86. The molecule has 5 heteroatoms. The van der Waals surface area contributed by atoms with Crippen LogP contribution in [0.2, 0.25) is 0 Å². The fraction of sp³-hybridized carbons (Fsp3) is 0.571. The Bertz CT molecular complexity index is 458. The third-order valence-electron chi connectivity index (χ3n) is 3.63. The Balaban J connectivity index is 3.24. The first kappa shape index (κ1) is 15.4. The van der Waals surface area contributed by atoms with E-state index < -0.39 is 11.0 Å². The second-order valence-electron chi connectivity index (χ2n) is 5.28. The van der Waals surface area contributed by atoms with Crippen LogP contribution in [0.5, 0.6) is 0 Å². The van der Waals surface area contributed by atoms with Gasteiger partial charge in [0.25, 0.3) is 5.69 Å². The predicted molar refractivity (Wildman–Crippen MR) is 76.4 cm³/mol. The van der Waals surface area contributed by atoms with Crippen LogP contribution in [0, 0.1) is 16.0 Å². The van der Waals surface area contributed by atoms with Gasteiger partial charge >= 0.3 is 0 Å². The number of nitro groups is 1. The number of anilines is 1. The number of nitrogens with zero attached hydrogens (tertiary/aromatic N) is 2. The average Bonchev–Trinajstić information content (AvgIpc) is 2.35. The van der Waals surface area contributed by atoms with Crippen molar-refractivity contribution in [3.8, 4) is 0 Å². The van der Waals surface area contributed by atoms with Crippen molar-refractivity contribution in [3.63, 3.8) is 0 Å². The van der Waals surface area contributed by atoms with Crippen LogP contribution < -0.4 is 4.90 Å². The lowest BCUT2D eigenvalue weighted by molar-refractivity contribution is -0.384. The van der Waals surface area contributed by atoms with Gasteiger partial charge in [0, 0.05) is 19.2 Å². The van der Waals surface area contributed by atoms with E-state index in [0.29, 0.717) is 17.2 Å². The van der Waals surface area contributed by atoms with Crippen molar-refractivity contribution in [2.75, 3.05) is 11.9 Å². The zero-order chi connectivity index (χ0) is 14.7. The number of benzene rings is 1. The van der Waals surface area contributed by atoms with Crippen molar-refractivity contribution in [1.29, 1.82) is 0 Å². The molecule has 0 heterocycles. The number of rotatable bonds is 5. The molecule has 0 spiro atoms. The van der Waals surface area contributed by atoms with E-state index in [0.717, 1.165) is 0 Å². The zero-order valence-corrected chi connectivity index (χ0v) is 12.1. The minimum absolute atomic E-state index is 0.0356. The summed E-state index contributed by atoms with van der Waals surface area (Å²) in [5, 5.41) is 20.7. The highest BCUT2D eigenvalue weighted by molar-refractivity contribution is 5.64. The van der Waals surface area contributed by atoms with E-state index in [4.69, 9.17) is 0 Å². The number of hydrogen-bond donors (Lipinski definition) is 1. The van der Waals surface area contributed by atoms with Gasteiger partial charge in [0.05, 0.1) is 11.0 Å². The summed E-state index contributed by atoms with van der Waals surface area (Å²) in [5.41, 5.74) is 1.17. The standard InChI is InChI=1S/C14H22N2O3/c1-9(2)10(3)15(5)13-7-6-12(11(4)17)8-14(13)16(18)19/h6-11,17H,1-5H3/t10?,11-/m0/s1. The maximum atomic E-state index is 11.2. The van der Waals surface area contributed by atoms with Crippen LogP contribution in [0.25, 0.3) is 0 Å². The normalized spacial score (nSPS) is 14.3. The lowest BCUT2D eigenvalue weighted by Gasteiger charge is -2.29. The summed E-state index contributed by atoms with van der Waals surface area (Å²) in [5.74, 6) is 0.390. The van der Waals surface area contributed by atoms with Gasteiger partial charge in [-0.15, -0.1) is 0 Å². The molecule has 0 fully saturated rings. The van der Waals surface area contributed by atoms with Gasteiger partial charge in [0.2, 0.25) is 0 Å². The smallest absolute Gasteiger partial charge is 0.292 e. The Morgan fingerprint density at radius 3 is 2.26 bits per heavy atom. The molecule has 1 aromatic rings. The molecule has 19 heavy (non-hydrogen) atoms. The molecule has 0 bridgehead atoms. The van der Waals surface area contributed by atoms with E-state index in [1.54, 1.807) is 19.1 Å². The second kappa shape index (κ2) is 6.02. The van der Waals surface area contributed by atoms with Crippen molar-refractivity contribution in [2.24, 2.45) is 5.92 Å². The second-order valence-corrected chi connectivity index (χ2v) is 5.28. The van der Waals surface area contributed by atoms with Crippen LogP contribution >= 0.6 is 0 Å². The molecule has 106 valence electrons. The van der Waals surface area contributed by atoms with Crippen LogP contribution in [0.1, 0.15) is 39.4 Å². The summed E-state index contributed by atoms with van der Waals surface area (Å²) in [6.07, 6.45) is -0.708. The summed E-state index contributed by atoms with van der Waals surface area (Å²) in [6.45, 7) is 7.80. The van der Waals surface area contributed by atoms with Gasteiger partial charge in [-0.2, -0.15) is 0 Å². The van der Waals surface area contributed by atoms with E-state index in [1.807, 2.05) is 18.9 Å². The predicted octanol–water partition coefficient (Wildman–Crippen LogP) is 3.13. The molecule has 2 atom stereocenters. The topological polar surface area (TPSA) is 66.6 Å². The summed E-state index contributed by atoms with van der Waals surface area (Å²) < 4.78 is 0. The van der Waals surface area contributed by atoms with Gasteiger partial charge in [-0.3, -0.25) is 10.1 Å². The maximum absolute atomic E-state index is 11.2. The molecule has 5 nitrogen and oxygen atoms in total. The average molecular weight is 266 g/mol. The third kappa shape index (κ3) is 3.44. The van der Waals surface area contributed by atoms with Crippen LogP contribution in [-0.2, 0) is 0 Å². The lowest BCUT2D eigenvalue weighted by Crippen LogP contribution is -2.33. The largest absolute Gasteiger partial charge is 0.389 e. The van der Waals surface area contributed by atoms with Crippen molar-refractivity contribution < 1.29 is 10.0 Å². The molecule has 0 amide bonds. The Kier molecular flexibility index (Phi) is 4.89. The molecular formula is C14H22N2O3. The molecule has 1 N–H and O–H groups in total. The van der Waals surface area contributed by atoms with Crippen molar-refractivity contribution in [3.05, 3.63) is 33.9 Å². The van der Waals surface area contributed by atoms with Gasteiger partial charge in [-0.25, -0.2) is 0 Å². The SMILES string of the molecule is CC(C)C(C)N(C)c1ccc([C@H](C)O)cc1[N+](=O)[O-]. The van der Waals surface area contributed by atoms with Crippen LogP contribution in [0.15, 0.2) is 18.2 Å². The van der Waals surface area contributed by atoms with Gasteiger partial charge in [0.1, 0.15) is 5.69 Å². The number of aliphatic hydroxyl groups is 1. The fourth-order valence-corrected chi connectivity index (χ4v) is 1.91. The Labute approximate surface area is 114 Å². The first-order valence-corrected chi connectivity index (χ1v) is 6.45. The molecule has 0 aromatic heterocycles. The minimum atomic E-state index is -0.708. The highest BCUT2D eigenvalue weighted by atomic mass is 16.6. The summed E-state index contributed by atoms with van der Waals surface area (Å²) >= 11 is 0. The van der Waals surface area contributed by atoms with Crippen LogP contribution in [0.3, 0.4) is 0 Å². The molecule has 0 aliphatic heterocycles. The van der Waals surface area contributed by atoms with E-state index in [9.17, 15) is 15.2 Å². The molecule has 1 aromatic carbocycles. The molecule has 0 radical (unpaired) electrons. The van der Waals surface area contributed by atoms with E-state index in [2.05, 4.69) is 13.8 Å². The fourth-order valence-electron chi connectivity index (χ4n) is 1.91. The first-order valence-electron chi connectivity index (χ1n) is 6.45. The van der Waals surface area contributed by atoms with Gasteiger partial charge < -0.3 is 10.0 Å².